The fourth-order valence-corrected chi connectivity index (χ4v) is 3.50. The van der Waals surface area contributed by atoms with Crippen molar-refractivity contribution in [1.82, 2.24) is 15.1 Å². The van der Waals surface area contributed by atoms with Gasteiger partial charge in [-0.3, -0.25) is 14.3 Å². The SMILES string of the molecule is O=C(NCc1ccc(Cn2cccn2)cc1)C1CC(=O)N(c2cc(F)cc(F)c2)C1. The molecule has 1 fully saturated rings. The van der Waals surface area contributed by atoms with Crippen LogP contribution in [0.15, 0.2) is 60.9 Å². The summed E-state index contributed by atoms with van der Waals surface area (Å²) in [4.78, 5) is 26.0. The van der Waals surface area contributed by atoms with Crippen molar-refractivity contribution < 1.29 is 18.4 Å². The van der Waals surface area contributed by atoms with Gasteiger partial charge in [-0.1, -0.05) is 24.3 Å². The first-order valence-corrected chi connectivity index (χ1v) is 9.57. The normalized spacial score (nSPS) is 16.1. The Morgan fingerprint density at radius 1 is 1.10 bits per heavy atom. The van der Waals surface area contributed by atoms with Crippen molar-refractivity contribution in [3.05, 3.63) is 83.7 Å². The molecule has 6 nitrogen and oxygen atoms in total. The first-order chi connectivity index (χ1) is 14.5. The molecule has 1 aromatic heterocycles. The summed E-state index contributed by atoms with van der Waals surface area (Å²) in [5, 5.41) is 7.01. The zero-order valence-corrected chi connectivity index (χ0v) is 16.1. The van der Waals surface area contributed by atoms with Crippen LogP contribution < -0.4 is 10.2 Å². The lowest BCUT2D eigenvalue weighted by molar-refractivity contribution is -0.126. The number of amides is 2. The Balaban J connectivity index is 1.32. The van der Waals surface area contributed by atoms with E-state index in [1.54, 1.807) is 6.20 Å². The summed E-state index contributed by atoms with van der Waals surface area (Å²) in [5.74, 6) is -2.68. The predicted molar refractivity (Wildman–Crippen MR) is 106 cm³/mol. The number of carbonyl (C=O) groups is 2. The molecule has 0 bridgehead atoms. The van der Waals surface area contributed by atoms with Crippen molar-refractivity contribution in [3.63, 3.8) is 0 Å². The maximum Gasteiger partial charge on any atom is 0.227 e. The average molecular weight is 410 g/mol. The van der Waals surface area contributed by atoms with Gasteiger partial charge in [-0.2, -0.15) is 5.10 Å². The molecule has 1 unspecified atom stereocenters. The maximum atomic E-state index is 13.4. The van der Waals surface area contributed by atoms with Crippen LogP contribution in [0.25, 0.3) is 0 Å². The van der Waals surface area contributed by atoms with E-state index in [1.165, 1.54) is 4.90 Å². The van der Waals surface area contributed by atoms with Crippen LogP contribution in [0.3, 0.4) is 0 Å². The van der Waals surface area contributed by atoms with E-state index >= 15 is 0 Å². The first kappa shape index (κ1) is 19.8. The lowest BCUT2D eigenvalue weighted by Gasteiger charge is -2.17. The van der Waals surface area contributed by atoms with Gasteiger partial charge in [-0.25, -0.2) is 8.78 Å². The van der Waals surface area contributed by atoms with Crippen LogP contribution in [0, 0.1) is 17.6 Å². The van der Waals surface area contributed by atoms with Crippen molar-refractivity contribution in [1.29, 1.82) is 0 Å². The molecule has 8 heteroatoms. The molecule has 1 aliphatic heterocycles. The van der Waals surface area contributed by atoms with E-state index < -0.39 is 17.6 Å². The Morgan fingerprint density at radius 3 is 2.47 bits per heavy atom. The minimum absolute atomic E-state index is 0.00672. The molecule has 1 atom stereocenters. The third-order valence-electron chi connectivity index (χ3n) is 5.05. The van der Waals surface area contributed by atoms with Crippen molar-refractivity contribution >= 4 is 17.5 Å². The largest absolute Gasteiger partial charge is 0.352 e. The van der Waals surface area contributed by atoms with E-state index in [1.807, 2.05) is 41.2 Å². The van der Waals surface area contributed by atoms with Crippen LogP contribution in [0.1, 0.15) is 17.5 Å². The number of benzene rings is 2. The monoisotopic (exact) mass is 410 g/mol. The minimum Gasteiger partial charge on any atom is -0.352 e. The molecule has 1 N–H and O–H groups in total. The zero-order chi connectivity index (χ0) is 21.1. The Hall–Kier alpha value is -3.55. The highest BCUT2D eigenvalue weighted by atomic mass is 19.1. The number of hydrogen-bond donors (Lipinski definition) is 1. The molecule has 1 aliphatic rings. The second-order valence-corrected chi connectivity index (χ2v) is 7.27. The molecular formula is C22H20F2N4O2. The summed E-state index contributed by atoms with van der Waals surface area (Å²) >= 11 is 0. The number of anilines is 1. The van der Waals surface area contributed by atoms with Crippen LogP contribution in [-0.2, 0) is 22.7 Å². The smallest absolute Gasteiger partial charge is 0.227 e. The third-order valence-corrected chi connectivity index (χ3v) is 5.05. The fourth-order valence-electron chi connectivity index (χ4n) is 3.50. The summed E-state index contributed by atoms with van der Waals surface area (Å²) in [6.45, 7) is 1.09. The van der Waals surface area contributed by atoms with Gasteiger partial charge in [-0.05, 0) is 29.3 Å². The number of rotatable bonds is 6. The molecule has 0 aliphatic carbocycles. The molecule has 0 spiro atoms. The Morgan fingerprint density at radius 2 is 1.80 bits per heavy atom. The second kappa shape index (κ2) is 8.44. The van der Waals surface area contributed by atoms with Gasteiger partial charge in [0.2, 0.25) is 11.8 Å². The molecule has 154 valence electrons. The Kier molecular flexibility index (Phi) is 5.56. The van der Waals surface area contributed by atoms with E-state index in [4.69, 9.17) is 0 Å². The van der Waals surface area contributed by atoms with Gasteiger partial charge >= 0.3 is 0 Å². The average Bonchev–Trinajstić information content (AvgIpc) is 3.36. The predicted octanol–water partition coefficient (Wildman–Crippen LogP) is 2.88. The molecule has 0 saturated carbocycles. The second-order valence-electron chi connectivity index (χ2n) is 7.27. The lowest BCUT2D eigenvalue weighted by atomic mass is 10.1. The molecule has 30 heavy (non-hydrogen) atoms. The van der Waals surface area contributed by atoms with Crippen molar-refractivity contribution in [2.24, 2.45) is 5.92 Å². The standard InChI is InChI=1S/C22H20F2N4O2/c23-18-9-19(24)11-20(10-18)28-14-17(8-21(28)29)22(30)25-12-15-2-4-16(5-3-15)13-27-7-1-6-26-27/h1-7,9-11,17H,8,12-14H2,(H,25,30). The van der Waals surface area contributed by atoms with E-state index in [2.05, 4.69) is 10.4 Å². The summed E-state index contributed by atoms with van der Waals surface area (Å²) in [6, 6.07) is 12.6. The van der Waals surface area contributed by atoms with Gasteiger partial charge in [0, 0.05) is 43.7 Å². The molecule has 2 heterocycles. The summed E-state index contributed by atoms with van der Waals surface area (Å²) in [7, 11) is 0. The highest BCUT2D eigenvalue weighted by molar-refractivity contribution is 6.00. The third kappa shape index (κ3) is 4.53. The van der Waals surface area contributed by atoms with E-state index in [9.17, 15) is 18.4 Å². The highest BCUT2D eigenvalue weighted by Crippen LogP contribution is 2.26. The van der Waals surface area contributed by atoms with E-state index in [0.29, 0.717) is 13.1 Å². The highest BCUT2D eigenvalue weighted by Gasteiger charge is 2.35. The van der Waals surface area contributed by atoms with Crippen molar-refractivity contribution in [2.45, 2.75) is 19.5 Å². The quantitative estimate of drug-likeness (QED) is 0.680. The van der Waals surface area contributed by atoms with Crippen LogP contribution in [0.2, 0.25) is 0 Å². The van der Waals surface area contributed by atoms with Crippen LogP contribution in [-0.4, -0.2) is 28.1 Å². The zero-order valence-electron chi connectivity index (χ0n) is 16.1. The molecule has 1 saturated heterocycles. The number of nitrogens with zero attached hydrogens (tertiary/aromatic N) is 3. The van der Waals surface area contributed by atoms with Crippen LogP contribution in [0.4, 0.5) is 14.5 Å². The molecular weight excluding hydrogens is 390 g/mol. The minimum atomic E-state index is -0.762. The van der Waals surface area contributed by atoms with Crippen molar-refractivity contribution in [3.8, 4) is 0 Å². The number of hydrogen-bond acceptors (Lipinski definition) is 3. The van der Waals surface area contributed by atoms with Gasteiger partial charge in [0.15, 0.2) is 0 Å². The van der Waals surface area contributed by atoms with E-state index in [0.717, 1.165) is 29.3 Å². The summed E-state index contributed by atoms with van der Waals surface area (Å²) in [6.07, 6.45) is 3.62. The van der Waals surface area contributed by atoms with Gasteiger partial charge in [0.05, 0.1) is 12.5 Å². The molecule has 3 aromatic rings. The van der Waals surface area contributed by atoms with Gasteiger partial charge in [0.25, 0.3) is 0 Å². The topological polar surface area (TPSA) is 67.2 Å². The fraction of sp³-hybridized carbons (Fsp3) is 0.227. The lowest BCUT2D eigenvalue weighted by Crippen LogP contribution is -2.32. The number of halogens is 2. The van der Waals surface area contributed by atoms with Gasteiger partial charge in [-0.15, -0.1) is 0 Å². The Labute approximate surface area is 172 Å². The molecule has 4 rings (SSSR count). The first-order valence-electron chi connectivity index (χ1n) is 9.57. The van der Waals surface area contributed by atoms with Crippen LogP contribution >= 0.6 is 0 Å². The molecule has 2 aromatic carbocycles. The van der Waals surface area contributed by atoms with Gasteiger partial charge < -0.3 is 10.2 Å². The molecule has 0 radical (unpaired) electrons. The van der Waals surface area contributed by atoms with E-state index in [-0.39, 0.29) is 30.5 Å². The summed E-state index contributed by atoms with van der Waals surface area (Å²) < 4.78 is 28.7. The summed E-state index contributed by atoms with van der Waals surface area (Å²) in [5.41, 5.74) is 2.15. The number of aromatic nitrogens is 2. The maximum absolute atomic E-state index is 13.4. The van der Waals surface area contributed by atoms with Crippen LogP contribution in [0.5, 0.6) is 0 Å². The number of nitrogens with one attached hydrogen (secondary N) is 1. The van der Waals surface area contributed by atoms with Gasteiger partial charge in [0.1, 0.15) is 11.6 Å². The van der Waals surface area contributed by atoms with Crippen molar-refractivity contribution in [2.75, 3.05) is 11.4 Å². The number of carbonyl (C=O) groups excluding carboxylic acids is 2. The molecule has 2 amide bonds. The Bertz CT molecular complexity index is 1030.